The number of carbonyl (C=O) groups excluding carboxylic acids is 1. The zero-order chi connectivity index (χ0) is 14.2. The summed E-state index contributed by atoms with van der Waals surface area (Å²) in [6.45, 7) is 3.75. The minimum atomic E-state index is -0.124. The Bertz CT molecular complexity index is 446. The molecule has 2 amide bonds. The van der Waals surface area contributed by atoms with E-state index >= 15 is 0 Å². The molecule has 110 valence electrons. The average molecular weight is 276 g/mol. The van der Waals surface area contributed by atoms with E-state index in [4.69, 9.17) is 4.74 Å². The van der Waals surface area contributed by atoms with Gasteiger partial charge in [0, 0.05) is 6.54 Å². The van der Waals surface area contributed by atoms with Crippen molar-refractivity contribution in [2.75, 3.05) is 19.7 Å². The second kappa shape index (κ2) is 7.78. The first-order valence-corrected chi connectivity index (χ1v) is 7.56. The van der Waals surface area contributed by atoms with Crippen molar-refractivity contribution in [2.45, 2.75) is 39.0 Å². The topological polar surface area (TPSA) is 50.4 Å². The largest absolute Gasteiger partial charge is 0.492 e. The van der Waals surface area contributed by atoms with Crippen molar-refractivity contribution in [3.8, 4) is 5.75 Å². The highest BCUT2D eigenvalue weighted by molar-refractivity contribution is 5.73. The summed E-state index contributed by atoms with van der Waals surface area (Å²) in [5.41, 5.74) is 2.88. The molecule has 1 aliphatic rings. The van der Waals surface area contributed by atoms with Gasteiger partial charge in [-0.1, -0.05) is 13.0 Å². The van der Waals surface area contributed by atoms with Crippen LogP contribution in [0.3, 0.4) is 0 Å². The summed E-state index contributed by atoms with van der Waals surface area (Å²) < 4.78 is 5.68. The van der Waals surface area contributed by atoms with Crippen molar-refractivity contribution in [3.05, 3.63) is 29.3 Å². The van der Waals surface area contributed by atoms with E-state index in [9.17, 15) is 4.79 Å². The highest BCUT2D eigenvalue weighted by Crippen LogP contribution is 2.25. The van der Waals surface area contributed by atoms with Gasteiger partial charge >= 0.3 is 6.03 Å². The Morgan fingerprint density at radius 2 is 1.90 bits per heavy atom. The molecule has 0 aliphatic heterocycles. The Hall–Kier alpha value is -1.71. The van der Waals surface area contributed by atoms with E-state index in [0.29, 0.717) is 19.7 Å². The van der Waals surface area contributed by atoms with Gasteiger partial charge in [-0.15, -0.1) is 0 Å². The normalized spacial score (nSPS) is 13.4. The molecule has 1 aliphatic carbocycles. The first-order chi connectivity index (χ1) is 9.79. The van der Waals surface area contributed by atoms with E-state index in [0.717, 1.165) is 18.6 Å². The molecule has 1 aromatic carbocycles. The number of fused-ring (bicyclic) bond motifs is 1. The van der Waals surface area contributed by atoms with Gasteiger partial charge in [0.05, 0.1) is 6.54 Å². The SMILES string of the molecule is CCCNC(=O)NCCOc1ccc2c(c1)CCCC2. The average Bonchev–Trinajstić information content (AvgIpc) is 2.49. The van der Waals surface area contributed by atoms with Gasteiger partial charge < -0.3 is 15.4 Å². The Labute approximate surface area is 120 Å². The number of amides is 2. The van der Waals surface area contributed by atoms with Crippen LogP contribution in [0.25, 0.3) is 0 Å². The maximum Gasteiger partial charge on any atom is 0.314 e. The van der Waals surface area contributed by atoms with Gasteiger partial charge in [0.1, 0.15) is 12.4 Å². The standard InChI is InChI=1S/C16H24N2O2/c1-2-9-17-16(19)18-10-11-20-15-8-7-13-5-3-4-6-14(13)12-15/h7-8,12H,2-6,9-11H2,1H3,(H2,17,18,19). The van der Waals surface area contributed by atoms with E-state index in [1.54, 1.807) is 0 Å². The molecule has 0 bridgehead atoms. The maximum absolute atomic E-state index is 11.3. The lowest BCUT2D eigenvalue weighted by Gasteiger charge is -2.17. The fourth-order valence-electron chi connectivity index (χ4n) is 2.43. The number of rotatable bonds is 6. The van der Waals surface area contributed by atoms with Crippen molar-refractivity contribution >= 4 is 6.03 Å². The predicted molar refractivity (Wildman–Crippen MR) is 80.3 cm³/mol. The molecular formula is C16H24N2O2. The Kier molecular flexibility index (Phi) is 5.71. The van der Waals surface area contributed by atoms with Crippen LogP contribution in [-0.4, -0.2) is 25.7 Å². The van der Waals surface area contributed by atoms with Crippen LogP contribution in [0.15, 0.2) is 18.2 Å². The highest BCUT2D eigenvalue weighted by Gasteiger charge is 2.09. The van der Waals surface area contributed by atoms with Crippen LogP contribution in [0.2, 0.25) is 0 Å². The van der Waals surface area contributed by atoms with Crippen molar-refractivity contribution in [3.63, 3.8) is 0 Å². The van der Waals surface area contributed by atoms with Gasteiger partial charge in [-0.2, -0.15) is 0 Å². The predicted octanol–water partition coefficient (Wildman–Crippen LogP) is 2.65. The van der Waals surface area contributed by atoms with E-state index < -0.39 is 0 Å². The van der Waals surface area contributed by atoms with Crippen LogP contribution < -0.4 is 15.4 Å². The van der Waals surface area contributed by atoms with Gasteiger partial charge in [0.15, 0.2) is 0 Å². The molecule has 0 atom stereocenters. The molecule has 0 radical (unpaired) electrons. The number of carbonyl (C=O) groups is 1. The molecule has 0 spiro atoms. The maximum atomic E-state index is 11.3. The van der Waals surface area contributed by atoms with Crippen molar-refractivity contribution in [2.24, 2.45) is 0 Å². The lowest BCUT2D eigenvalue weighted by molar-refractivity contribution is 0.236. The van der Waals surface area contributed by atoms with Crippen LogP contribution in [0.1, 0.15) is 37.3 Å². The Morgan fingerprint density at radius 3 is 2.70 bits per heavy atom. The van der Waals surface area contributed by atoms with Crippen molar-refractivity contribution in [1.82, 2.24) is 10.6 Å². The van der Waals surface area contributed by atoms with Gasteiger partial charge in [-0.25, -0.2) is 4.79 Å². The number of ether oxygens (including phenoxy) is 1. The molecule has 0 saturated carbocycles. The third kappa shape index (κ3) is 4.44. The third-order valence-corrected chi connectivity index (χ3v) is 3.51. The molecular weight excluding hydrogens is 252 g/mol. The number of hydrogen-bond acceptors (Lipinski definition) is 2. The number of aryl methyl sites for hydroxylation is 2. The summed E-state index contributed by atoms with van der Waals surface area (Å²) in [7, 11) is 0. The molecule has 20 heavy (non-hydrogen) atoms. The molecule has 4 nitrogen and oxygen atoms in total. The molecule has 0 saturated heterocycles. The molecule has 1 aromatic rings. The summed E-state index contributed by atoms with van der Waals surface area (Å²) in [4.78, 5) is 11.3. The summed E-state index contributed by atoms with van der Waals surface area (Å²) >= 11 is 0. The van der Waals surface area contributed by atoms with Crippen LogP contribution >= 0.6 is 0 Å². The molecule has 0 aromatic heterocycles. The first kappa shape index (κ1) is 14.7. The first-order valence-electron chi connectivity index (χ1n) is 7.56. The van der Waals surface area contributed by atoms with E-state index in [1.807, 2.05) is 13.0 Å². The number of benzene rings is 1. The van der Waals surface area contributed by atoms with E-state index in [2.05, 4.69) is 22.8 Å². The zero-order valence-electron chi connectivity index (χ0n) is 12.2. The summed E-state index contributed by atoms with van der Waals surface area (Å²) in [6, 6.07) is 6.22. The van der Waals surface area contributed by atoms with Gasteiger partial charge in [-0.05, 0) is 55.4 Å². The minimum Gasteiger partial charge on any atom is -0.492 e. The fraction of sp³-hybridized carbons (Fsp3) is 0.562. The van der Waals surface area contributed by atoms with E-state index in [-0.39, 0.29) is 6.03 Å². The minimum absolute atomic E-state index is 0.124. The van der Waals surface area contributed by atoms with E-state index in [1.165, 1.54) is 30.4 Å². The number of urea groups is 1. The summed E-state index contributed by atoms with van der Waals surface area (Å²) in [5, 5.41) is 5.54. The lowest BCUT2D eigenvalue weighted by Crippen LogP contribution is -2.37. The Morgan fingerprint density at radius 1 is 1.15 bits per heavy atom. The van der Waals surface area contributed by atoms with Crippen LogP contribution in [0.4, 0.5) is 4.79 Å². The molecule has 2 N–H and O–H groups in total. The zero-order valence-corrected chi connectivity index (χ0v) is 12.2. The Balaban J connectivity index is 1.70. The fourth-order valence-corrected chi connectivity index (χ4v) is 2.43. The number of hydrogen-bond donors (Lipinski definition) is 2. The van der Waals surface area contributed by atoms with Crippen molar-refractivity contribution < 1.29 is 9.53 Å². The smallest absolute Gasteiger partial charge is 0.314 e. The van der Waals surface area contributed by atoms with Gasteiger partial charge in [0.25, 0.3) is 0 Å². The molecule has 4 heteroatoms. The molecule has 2 rings (SSSR count). The monoisotopic (exact) mass is 276 g/mol. The van der Waals surface area contributed by atoms with Gasteiger partial charge in [-0.3, -0.25) is 0 Å². The van der Waals surface area contributed by atoms with Crippen molar-refractivity contribution in [1.29, 1.82) is 0 Å². The molecule has 0 fully saturated rings. The summed E-state index contributed by atoms with van der Waals surface area (Å²) in [6.07, 6.45) is 5.86. The van der Waals surface area contributed by atoms with Gasteiger partial charge in [0.2, 0.25) is 0 Å². The van der Waals surface area contributed by atoms with Crippen LogP contribution in [0.5, 0.6) is 5.75 Å². The van der Waals surface area contributed by atoms with Crippen LogP contribution in [-0.2, 0) is 12.8 Å². The quantitative estimate of drug-likeness (QED) is 0.785. The molecule has 0 unspecified atom stereocenters. The highest BCUT2D eigenvalue weighted by atomic mass is 16.5. The molecule has 0 heterocycles. The second-order valence-corrected chi connectivity index (χ2v) is 5.17. The lowest BCUT2D eigenvalue weighted by atomic mass is 9.92. The summed E-state index contributed by atoms with van der Waals surface area (Å²) in [5.74, 6) is 0.904. The third-order valence-electron chi connectivity index (χ3n) is 3.51. The van der Waals surface area contributed by atoms with Crippen LogP contribution in [0, 0.1) is 0 Å². The second-order valence-electron chi connectivity index (χ2n) is 5.17. The number of nitrogens with one attached hydrogen (secondary N) is 2.